The summed E-state index contributed by atoms with van der Waals surface area (Å²) < 4.78 is 5.77. The second-order valence-electron chi connectivity index (χ2n) is 5.16. The Morgan fingerprint density at radius 3 is 2.35 bits per heavy atom. The van der Waals surface area contributed by atoms with E-state index in [1.54, 1.807) is 0 Å². The summed E-state index contributed by atoms with van der Waals surface area (Å²) in [7, 11) is 0. The zero-order valence-corrected chi connectivity index (χ0v) is 12.4. The predicted molar refractivity (Wildman–Crippen MR) is 84.4 cm³/mol. The van der Waals surface area contributed by atoms with Crippen molar-refractivity contribution in [3.05, 3.63) is 65.2 Å². The molecule has 0 spiro atoms. The van der Waals surface area contributed by atoms with Crippen LogP contribution in [0.2, 0.25) is 5.02 Å². The fourth-order valence-electron chi connectivity index (χ4n) is 2.15. The molecule has 2 aromatic carbocycles. The van der Waals surface area contributed by atoms with Crippen molar-refractivity contribution < 1.29 is 4.74 Å². The van der Waals surface area contributed by atoms with Gasteiger partial charge < -0.3 is 10.5 Å². The molecule has 1 atom stereocenters. The van der Waals surface area contributed by atoms with Gasteiger partial charge in [0.1, 0.15) is 5.75 Å². The van der Waals surface area contributed by atoms with Gasteiger partial charge in [-0.2, -0.15) is 0 Å². The monoisotopic (exact) mass is 289 g/mol. The predicted octanol–water partition coefficient (Wildman–Crippen LogP) is 4.03. The molecule has 0 aliphatic rings. The molecule has 0 saturated carbocycles. The average Bonchev–Trinajstić information content (AvgIpc) is 2.50. The third-order valence-corrected chi connectivity index (χ3v) is 3.98. The van der Waals surface area contributed by atoms with Gasteiger partial charge in [-0.25, -0.2) is 0 Å². The molecule has 20 heavy (non-hydrogen) atoms. The minimum atomic E-state index is -0.0808. The number of halogens is 1. The lowest BCUT2D eigenvalue weighted by Gasteiger charge is -2.28. The van der Waals surface area contributed by atoms with E-state index in [1.807, 2.05) is 42.5 Å². The molecular formula is C17H20ClNO. The van der Waals surface area contributed by atoms with Crippen LogP contribution < -0.4 is 10.5 Å². The standard InChI is InChI=1S/C17H20ClNO/c1-17(13-19,14-7-3-2-4-8-14)11-12-20-16-10-6-5-9-15(16)18/h2-10H,11-13,19H2,1H3. The third-order valence-electron chi connectivity index (χ3n) is 3.67. The highest BCUT2D eigenvalue weighted by atomic mass is 35.5. The molecule has 106 valence electrons. The number of nitrogens with two attached hydrogens (primary N) is 1. The van der Waals surface area contributed by atoms with E-state index in [1.165, 1.54) is 5.56 Å². The minimum absolute atomic E-state index is 0.0808. The molecule has 0 amide bonds. The van der Waals surface area contributed by atoms with Gasteiger partial charge in [-0.05, 0) is 24.1 Å². The molecule has 2 N–H and O–H groups in total. The van der Waals surface area contributed by atoms with E-state index in [-0.39, 0.29) is 5.41 Å². The molecule has 0 bridgehead atoms. The highest BCUT2D eigenvalue weighted by Gasteiger charge is 2.24. The Morgan fingerprint density at radius 2 is 1.70 bits per heavy atom. The zero-order chi connectivity index (χ0) is 14.4. The summed E-state index contributed by atoms with van der Waals surface area (Å²) >= 11 is 6.08. The summed E-state index contributed by atoms with van der Waals surface area (Å²) in [6.07, 6.45) is 0.846. The first kappa shape index (κ1) is 14.9. The van der Waals surface area contributed by atoms with E-state index >= 15 is 0 Å². The maximum Gasteiger partial charge on any atom is 0.137 e. The van der Waals surface area contributed by atoms with Crippen molar-refractivity contribution in [1.29, 1.82) is 0 Å². The first-order valence-corrected chi connectivity index (χ1v) is 7.16. The van der Waals surface area contributed by atoms with Crippen LogP contribution in [-0.4, -0.2) is 13.2 Å². The molecule has 0 aliphatic heterocycles. The summed E-state index contributed by atoms with van der Waals surface area (Å²) in [6, 6.07) is 17.8. The van der Waals surface area contributed by atoms with Crippen LogP contribution in [0.5, 0.6) is 5.75 Å². The molecule has 0 aromatic heterocycles. The van der Waals surface area contributed by atoms with Gasteiger partial charge in [0, 0.05) is 12.0 Å². The summed E-state index contributed by atoms with van der Waals surface area (Å²) in [6.45, 7) is 3.34. The average molecular weight is 290 g/mol. The number of ether oxygens (including phenoxy) is 1. The van der Waals surface area contributed by atoms with Gasteiger partial charge in [0.2, 0.25) is 0 Å². The molecule has 0 heterocycles. The Labute approximate surface area is 125 Å². The van der Waals surface area contributed by atoms with E-state index in [9.17, 15) is 0 Å². The van der Waals surface area contributed by atoms with Gasteiger partial charge in [-0.15, -0.1) is 0 Å². The van der Waals surface area contributed by atoms with E-state index in [0.29, 0.717) is 18.2 Å². The fraction of sp³-hybridized carbons (Fsp3) is 0.294. The van der Waals surface area contributed by atoms with Crippen LogP contribution in [0.15, 0.2) is 54.6 Å². The number of rotatable bonds is 6. The van der Waals surface area contributed by atoms with Crippen LogP contribution in [0.3, 0.4) is 0 Å². The van der Waals surface area contributed by atoms with Crippen molar-refractivity contribution in [1.82, 2.24) is 0 Å². The second-order valence-corrected chi connectivity index (χ2v) is 5.57. The molecule has 2 rings (SSSR count). The fourth-order valence-corrected chi connectivity index (χ4v) is 2.34. The minimum Gasteiger partial charge on any atom is -0.492 e. The molecule has 3 heteroatoms. The quantitative estimate of drug-likeness (QED) is 0.871. The molecule has 2 aromatic rings. The number of benzene rings is 2. The number of para-hydroxylation sites is 1. The molecule has 0 saturated heterocycles. The Hall–Kier alpha value is -1.51. The van der Waals surface area contributed by atoms with Crippen molar-refractivity contribution in [2.75, 3.05) is 13.2 Å². The Kier molecular flexibility index (Phi) is 5.05. The van der Waals surface area contributed by atoms with E-state index in [0.717, 1.165) is 12.2 Å². The molecule has 1 unspecified atom stereocenters. The summed E-state index contributed by atoms with van der Waals surface area (Å²) in [4.78, 5) is 0. The van der Waals surface area contributed by atoms with Crippen molar-refractivity contribution >= 4 is 11.6 Å². The topological polar surface area (TPSA) is 35.2 Å². The van der Waals surface area contributed by atoms with Gasteiger partial charge in [-0.3, -0.25) is 0 Å². The van der Waals surface area contributed by atoms with E-state index < -0.39 is 0 Å². The van der Waals surface area contributed by atoms with Crippen molar-refractivity contribution in [2.24, 2.45) is 5.73 Å². The second kappa shape index (κ2) is 6.78. The van der Waals surface area contributed by atoms with Crippen LogP contribution in [0.1, 0.15) is 18.9 Å². The van der Waals surface area contributed by atoms with Crippen LogP contribution in [-0.2, 0) is 5.41 Å². The molecule has 0 radical (unpaired) electrons. The molecule has 0 fully saturated rings. The first-order chi connectivity index (χ1) is 9.65. The van der Waals surface area contributed by atoms with Crippen LogP contribution in [0.25, 0.3) is 0 Å². The zero-order valence-electron chi connectivity index (χ0n) is 11.7. The van der Waals surface area contributed by atoms with E-state index in [4.69, 9.17) is 22.1 Å². The Morgan fingerprint density at radius 1 is 1.05 bits per heavy atom. The first-order valence-electron chi connectivity index (χ1n) is 6.79. The van der Waals surface area contributed by atoms with Crippen LogP contribution >= 0.6 is 11.6 Å². The van der Waals surface area contributed by atoms with Crippen molar-refractivity contribution in [3.63, 3.8) is 0 Å². The lowest BCUT2D eigenvalue weighted by atomic mass is 9.80. The van der Waals surface area contributed by atoms with Gasteiger partial charge >= 0.3 is 0 Å². The molecular weight excluding hydrogens is 270 g/mol. The van der Waals surface area contributed by atoms with Crippen molar-refractivity contribution in [2.45, 2.75) is 18.8 Å². The number of hydrogen-bond donors (Lipinski definition) is 1. The smallest absolute Gasteiger partial charge is 0.137 e. The highest BCUT2D eigenvalue weighted by Crippen LogP contribution is 2.28. The van der Waals surface area contributed by atoms with Gasteiger partial charge in [0.25, 0.3) is 0 Å². The van der Waals surface area contributed by atoms with Gasteiger partial charge in [0.15, 0.2) is 0 Å². The van der Waals surface area contributed by atoms with E-state index in [2.05, 4.69) is 19.1 Å². The Balaban J connectivity index is 2.00. The lowest BCUT2D eigenvalue weighted by Crippen LogP contribution is -2.33. The Bertz CT molecular complexity index is 544. The van der Waals surface area contributed by atoms with Gasteiger partial charge in [-0.1, -0.05) is 61.0 Å². The van der Waals surface area contributed by atoms with Crippen LogP contribution in [0, 0.1) is 0 Å². The number of hydrogen-bond acceptors (Lipinski definition) is 2. The highest BCUT2D eigenvalue weighted by molar-refractivity contribution is 6.32. The lowest BCUT2D eigenvalue weighted by molar-refractivity contribution is 0.267. The molecule has 0 aliphatic carbocycles. The summed E-state index contributed by atoms with van der Waals surface area (Å²) in [5, 5.41) is 0.640. The third kappa shape index (κ3) is 3.53. The van der Waals surface area contributed by atoms with Crippen LogP contribution in [0.4, 0.5) is 0 Å². The summed E-state index contributed by atoms with van der Waals surface area (Å²) in [5.74, 6) is 0.724. The van der Waals surface area contributed by atoms with Gasteiger partial charge in [0.05, 0.1) is 11.6 Å². The van der Waals surface area contributed by atoms with Crippen molar-refractivity contribution in [3.8, 4) is 5.75 Å². The SMILES string of the molecule is CC(CN)(CCOc1ccccc1Cl)c1ccccc1. The normalized spacial score (nSPS) is 13.8. The maximum atomic E-state index is 6.08. The maximum absolute atomic E-state index is 6.08. The molecule has 2 nitrogen and oxygen atoms in total. The largest absolute Gasteiger partial charge is 0.492 e. The summed E-state index contributed by atoms with van der Waals surface area (Å²) in [5.41, 5.74) is 7.13.